The van der Waals surface area contributed by atoms with Gasteiger partial charge in [0.2, 0.25) is 0 Å². The largest absolute Gasteiger partial charge is 0.467 e. The molecule has 2 aromatic carbocycles. The van der Waals surface area contributed by atoms with Gasteiger partial charge in [-0.2, -0.15) is 0 Å². The van der Waals surface area contributed by atoms with E-state index in [9.17, 15) is 4.79 Å². The average Bonchev–Trinajstić information content (AvgIpc) is 2.47. The molecule has 0 bridgehead atoms. The van der Waals surface area contributed by atoms with Crippen molar-refractivity contribution in [1.82, 2.24) is 0 Å². The number of nitrogens with one attached hydrogen (secondary N) is 1. The second kappa shape index (κ2) is 6.96. The summed E-state index contributed by atoms with van der Waals surface area (Å²) in [4.78, 5) is 12.1. The van der Waals surface area contributed by atoms with E-state index >= 15 is 0 Å². The number of benzene rings is 2. The van der Waals surface area contributed by atoms with Crippen LogP contribution in [0.1, 0.15) is 17.2 Å². The summed E-state index contributed by atoms with van der Waals surface area (Å²) in [7, 11) is 1.38. The number of halogens is 2. The second-order valence-electron chi connectivity index (χ2n) is 4.61. The number of hydrogen-bond donors (Lipinski definition) is 1. The van der Waals surface area contributed by atoms with Gasteiger partial charge in [0.05, 0.1) is 7.11 Å². The molecular weight excluding hydrogens is 354 g/mol. The Kier molecular flexibility index (Phi) is 5.26. The molecule has 0 fully saturated rings. The number of methoxy groups -OCH3 is 1. The highest BCUT2D eigenvalue weighted by Crippen LogP contribution is 2.26. The normalized spacial score (nSPS) is 11.8. The van der Waals surface area contributed by atoms with Gasteiger partial charge in [0, 0.05) is 15.2 Å². The third kappa shape index (κ3) is 3.99. The zero-order chi connectivity index (χ0) is 15.4. The van der Waals surface area contributed by atoms with Crippen LogP contribution in [-0.2, 0) is 9.53 Å². The van der Waals surface area contributed by atoms with E-state index in [2.05, 4.69) is 21.2 Å². The first-order valence-corrected chi connectivity index (χ1v) is 7.54. The summed E-state index contributed by atoms with van der Waals surface area (Å²) in [5.74, 6) is -0.344. The number of esters is 1. The van der Waals surface area contributed by atoms with Crippen molar-refractivity contribution < 1.29 is 9.53 Å². The lowest BCUT2D eigenvalue weighted by Crippen LogP contribution is -2.23. The van der Waals surface area contributed by atoms with E-state index in [0.717, 1.165) is 21.3 Å². The molecule has 110 valence electrons. The maximum atomic E-state index is 12.1. The van der Waals surface area contributed by atoms with Gasteiger partial charge in [-0.25, -0.2) is 4.79 Å². The molecule has 0 radical (unpaired) electrons. The van der Waals surface area contributed by atoms with Crippen LogP contribution in [0.15, 0.2) is 46.9 Å². The molecule has 0 saturated heterocycles. The predicted molar refractivity (Wildman–Crippen MR) is 88.7 cm³/mol. The molecule has 0 amide bonds. The number of anilines is 1. The Labute approximate surface area is 137 Å². The van der Waals surface area contributed by atoms with Gasteiger partial charge in [0.15, 0.2) is 6.04 Å². The molecule has 0 saturated carbocycles. The fourth-order valence-corrected chi connectivity index (χ4v) is 2.55. The van der Waals surface area contributed by atoms with E-state index in [1.165, 1.54) is 7.11 Å². The van der Waals surface area contributed by atoms with Crippen LogP contribution >= 0.6 is 27.5 Å². The SMILES string of the molecule is COC(=O)C(Nc1ccc(Br)cc1)c1ccc(Cl)cc1C. The first kappa shape index (κ1) is 15.9. The summed E-state index contributed by atoms with van der Waals surface area (Å²) in [5.41, 5.74) is 2.61. The van der Waals surface area contributed by atoms with E-state index in [0.29, 0.717) is 5.02 Å². The number of carbonyl (C=O) groups excluding carboxylic acids is 1. The average molecular weight is 369 g/mol. The van der Waals surface area contributed by atoms with Gasteiger partial charge in [0.25, 0.3) is 0 Å². The third-order valence-corrected chi connectivity index (χ3v) is 3.90. The molecule has 1 atom stereocenters. The number of aryl methyl sites for hydroxylation is 1. The first-order chi connectivity index (χ1) is 10.0. The number of carbonyl (C=O) groups is 1. The van der Waals surface area contributed by atoms with Crippen LogP contribution in [0, 0.1) is 6.92 Å². The Balaban J connectivity index is 2.34. The van der Waals surface area contributed by atoms with Crippen LogP contribution in [0.5, 0.6) is 0 Å². The quantitative estimate of drug-likeness (QED) is 0.792. The fraction of sp³-hybridized carbons (Fsp3) is 0.188. The van der Waals surface area contributed by atoms with Crippen molar-refractivity contribution in [3.8, 4) is 0 Å². The molecule has 0 spiro atoms. The van der Waals surface area contributed by atoms with Gasteiger partial charge >= 0.3 is 5.97 Å². The Morgan fingerprint density at radius 1 is 1.24 bits per heavy atom. The van der Waals surface area contributed by atoms with Gasteiger partial charge < -0.3 is 10.1 Å². The molecule has 2 rings (SSSR count). The summed E-state index contributed by atoms with van der Waals surface area (Å²) in [6.07, 6.45) is 0. The van der Waals surface area contributed by atoms with Crippen molar-refractivity contribution in [3.05, 3.63) is 63.1 Å². The van der Waals surface area contributed by atoms with Crippen molar-refractivity contribution in [2.45, 2.75) is 13.0 Å². The summed E-state index contributed by atoms with van der Waals surface area (Å²) in [6.45, 7) is 1.92. The topological polar surface area (TPSA) is 38.3 Å². The highest BCUT2D eigenvalue weighted by molar-refractivity contribution is 9.10. The van der Waals surface area contributed by atoms with Crippen LogP contribution in [0.3, 0.4) is 0 Å². The minimum atomic E-state index is -0.576. The lowest BCUT2D eigenvalue weighted by Gasteiger charge is -2.20. The monoisotopic (exact) mass is 367 g/mol. The molecular formula is C16H15BrClNO2. The minimum absolute atomic E-state index is 0.344. The summed E-state index contributed by atoms with van der Waals surface area (Å²) in [5, 5.41) is 3.84. The van der Waals surface area contributed by atoms with E-state index < -0.39 is 6.04 Å². The molecule has 0 heterocycles. The highest BCUT2D eigenvalue weighted by Gasteiger charge is 2.23. The number of ether oxygens (including phenoxy) is 1. The molecule has 1 unspecified atom stereocenters. The van der Waals surface area contributed by atoms with E-state index in [1.54, 1.807) is 6.07 Å². The van der Waals surface area contributed by atoms with Crippen LogP contribution in [0.2, 0.25) is 5.02 Å². The zero-order valence-electron chi connectivity index (χ0n) is 11.7. The Morgan fingerprint density at radius 3 is 2.48 bits per heavy atom. The Morgan fingerprint density at radius 2 is 1.90 bits per heavy atom. The predicted octanol–water partition coefficient (Wildman–Crippen LogP) is 4.74. The molecule has 2 aromatic rings. The maximum absolute atomic E-state index is 12.1. The first-order valence-electron chi connectivity index (χ1n) is 6.37. The van der Waals surface area contributed by atoms with E-state index in [1.807, 2.05) is 43.3 Å². The van der Waals surface area contributed by atoms with Gasteiger partial charge in [-0.15, -0.1) is 0 Å². The third-order valence-electron chi connectivity index (χ3n) is 3.13. The molecule has 0 aromatic heterocycles. The van der Waals surface area contributed by atoms with Gasteiger partial charge in [-0.1, -0.05) is 33.6 Å². The molecule has 1 N–H and O–H groups in total. The minimum Gasteiger partial charge on any atom is -0.467 e. The lowest BCUT2D eigenvalue weighted by molar-refractivity contribution is -0.141. The van der Waals surface area contributed by atoms with Crippen molar-refractivity contribution in [2.24, 2.45) is 0 Å². The zero-order valence-corrected chi connectivity index (χ0v) is 14.0. The highest BCUT2D eigenvalue weighted by atomic mass is 79.9. The smallest absolute Gasteiger partial charge is 0.332 e. The van der Waals surface area contributed by atoms with Crippen molar-refractivity contribution in [3.63, 3.8) is 0 Å². The van der Waals surface area contributed by atoms with Crippen LogP contribution in [0.4, 0.5) is 5.69 Å². The van der Waals surface area contributed by atoms with Crippen LogP contribution < -0.4 is 5.32 Å². The van der Waals surface area contributed by atoms with Crippen molar-refractivity contribution >= 4 is 39.2 Å². The summed E-state index contributed by atoms with van der Waals surface area (Å²) in [6, 6.07) is 12.5. The summed E-state index contributed by atoms with van der Waals surface area (Å²) >= 11 is 9.36. The van der Waals surface area contributed by atoms with Gasteiger partial charge in [-0.3, -0.25) is 0 Å². The van der Waals surface area contributed by atoms with E-state index in [-0.39, 0.29) is 5.97 Å². The second-order valence-corrected chi connectivity index (χ2v) is 5.96. The number of hydrogen-bond acceptors (Lipinski definition) is 3. The molecule has 0 aliphatic rings. The Hall–Kier alpha value is -1.52. The van der Waals surface area contributed by atoms with Gasteiger partial charge in [-0.05, 0) is 54.4 Å². The summed E-state index contributed by atoms with van der Waals surface area (Å²) < 4.78 is 5.88. The van der Waals surface area contributed by atoms with Crippen LogP contribution in [-0.4, -0.2) is 13.1 Å². The van der Waals surface area contributed by atoms with Crippen LogP contribution in [0.25, 0.3) is 0 Å². The van der Waals surface area contributed by atoms with E-state index in [4.69, 9.17) is 16.3 Å². The maximum Gasteiger partial charge on any atom is 0.332 e. The standard InChI is InChI=1S/C16H15BrClNO2/c1-10-9-12(18)5-8-14(10)15(16(20)21-2)19-13-6-3-11(17)4-7-13/h3-9,15,19H,1-2H3. The fourth-order valence-electron chi connectivity index (χ4n) is 2.06. The molecule has 3 nitrogen and oxygen atoms in total. The molecule has 0 aliphatic carbocycles. The lowest BCUT2D eigenvalue weighted by atomic mass is 10.0. The molecule has 0 aliphatic heterocycles. The number of rotatable bonds is 4. The molecule has 21 heavy (non-hydrogen) atoms. The molecule has 5 heteroatoms. The van der Waals surface area contributed by atoms with Gasteiger partial charge in [0.1, 0.15) is 0 Å². The van der Waals surface area contributed by atoms with Crippen molar-refractivity contribution in [2.75, 3.05) is 12.4 Å². The van der Waals surface area contributed by atoms with Crippen molar-refractivity contribution in [1.29, 1.82) is 0 Å². The Bertz CT molecular complexity index is 643.